The average molecular weight is 542 g/mol. The summed E-state index contributed by atoms with van der Waals surface area (Å²) in [6.07, 6.45) is 2.47. The van der Waals surface area contributed by atoms with Crippen molar-refractivity contribution in [2.24, 2.45) is 0 Å². The first-order valence-electron chi connectivity index (χ1n) is 13.7. The molecule has 0 saturated carbocycles. The molecule has 4 aromatic rings. The topological polar surface area (TPSA) is 98.6 Å². The van der Waals surface area contributed by atoms with Crippen molar-refractivity contribution in [1.29, 1.82) is 0 Å². The van der Waals surface area contributed by atoms with Gasteiger partial charge in [-0.15, -0.1) is 5.10 Å². The van der Waals surface area contributed by atoms with Gasteiger partial charge in [0, 0.05) is 19.7 Å². The van der Waals surface area contributed by atoms with Crippen LogP contribution in [0.5, 0.6) is 5.75 Å². The lowest BCUT2D eigenvalue weighted by Gasteiger charge is -2.32. The maximum absolute atomic E-state index is 14.1. The summed E-state index contributed by atoms with van der Waals surface area (Å²) in [6.45, 7) is 3.47. The highest BCUT2D eigenvalue weighted by Gasteiger charge is 2.32. The Kier molecular flexibility index (Phi) is 8.71. The molecule has 208 valence electrons. The fourth-order valence-corrected chi connectivity index (χ4v) is 5.16. The minimum atomic E-state index is -0.849. The van der Waals surface area contributed by atoms with E-state index < -0.39 is 6.04 Å². The molecule has 1 aliphatic heterocycles. The number of hydrogen-bond donors (Lipinski definition) is 1. The lowest BCUT2D eigenvalue weighted by atomic mass is 10.0. The third-order valence-corrected chi connectivity index (χ3v) is 7.43. The predicted molar refractivity (Wildman–Crippen MR) is 152 cm³/mol. The van der Waals surface area contributed by atoms with Gasteiger partial charge in [-0.05, 0) is 67.1 Å². The molecule has 1 N–H and O–H groups in total. The molecular formula is C31H35N5O4. The van der Waals surface area contributed by atoms with Gasteiger partial charge in [-0.2, -0.15) is 0 Å². The molecule has 9 heteroatoms. The Bertz CT molecular complexity index is 1450. The molecule has 0 aliphatic carbocycles. The molecule has 2 amide bonds. The van der Waals surface area contributed by atoms with Crippen molar-refractivity contribution in [2.45, 2.75) is 44.9 Å². The van der Waals surface area contributed by atoms with Gasteiger partial charge in [0.15, 0.2) is 0 Å². The smallest absolute Gasteiger partial charge is 0.247 e. The molecular weight excluding hydrogens is 506 g/mol. The monoisotopic (exact) mass is 541 g/mol. The van der Waals surface area contributed by atoms with Crippen LogP contribution in [-0.2, 0) is 27.3 Å². The van der Waals surface area contributed by atoms with Crippen LogP contribution < -0.4 is 10.1 Å². The Balaban J connectivity index is 1.47. The van der Waals surface area contributed by atoms with E-state index in [2.05, 4.69) is 34.7 Å². The molecule has 0 bridgehead atoms. The van der Waals surface area contributed by atoms with Crippen molar-refractivity contribution < 1.29 is 19.1 Å². The summed E-state index contributed by atoms with van der Waals surface area (Å²) in [5.74, 6) is 0.203. The summed E-state index contributed by atoms with van der Waals surface area (Å²) in [6, 6.07) is 22.1. The zero-order valence-electron chi connectivity index (χ0n) is 23.0. The van der Waals surface area contributed by atoms with Gasteiger partial charge in [-0.3, -0.25) is 9.59 Å². The third kappa shape index (κ3) is 6.31. The lowest BCUT2D eigenvalue weighted by molar-refractivity contribution is -0.141. The molecule has 0 radical (unpaired) electrons. The van der Waals surface area contributed by atoms with Crippen LogP contribution in [0.15, 0.2) is 72.8 Å². The highest BCUT2D eigenvalue weighted by atomic mass is 16.5. The molecule has 0 spiro atoms. The molecule has 40 heavy (non-hydrogen) atoms. The highest BCUT2D eigenvalue weighted by molar-refractivity contribution is 5.89. The number of amides is 2. The lowest BCUT2D eigenvalue weighted by Crippen LogP contribution is -2.47. The van der Waals surface area contributed by atoms with Gasteiger partial charge in [0.25, 0.3) is 0 Å². The largest absolute Gasteiger partial charge is 0.497 e. The molecule has 0 unspecified atom stereocenters. The summed E-state index contributed by atoms with van der Waals surface area (Å²) < 4.78 is 12.7. The summed E-state index contributed by atoms with van der Waals surface area (Å²) in [4.78, 5) is 29.6. The number of nitrogens with one attached hydrogen (secondary N) is 1. The van der Waals surface area contributed by atoms with E-state index in [-0.39, 0.29) is 24.5 Å². The second kappa shape index (κ2) is 12.7. The van der Waals surface area contributed by atoms with Crippen LogP contribution in [0.2, 0.25) is 0 Å². The number of carbonyl (C=O) groups is 2. The number of nitrogens with zero attached hydrogens (tertiary/aromatic N) is 4. The molecule has 2 heterocycles. The Morgan fingerprint density at radius 3 is 2.62 bits per heavy atom. The van der Waals surface area contributed by atoms with Gasteiger partial charge in [0.1, 0.15) is 23.9 Å². The Morgan fingerprint density at radius 1 is 1.10 bits per heavy atom. The van der Waals surface area contributed by atoms with Gasteiger partial charge >= 0.3 is 0 Å². The van der Waals surface area contributed by atoms with Crippen molar-refractivity contribution >= 4 is 22.8 Å². The number of hydrogen-bond acceptors (Lipinski definition) is 6. The standard InChI is InChI=1S/C31H35N5O4/c1-22-8-3-4-9-23(22)17-18-35(29(37)21-36-28-12-6-5-11-27(28)33-34-36)30(24-13-15-25(39-2)16-14-24)31(38)32-20-26-10-7-19-40-26/h3-6,8-9,11-16,26,30H,7,10,17-21H2,1-2H3,(H,32,38)/t26-,30+/m1/s1. The minimum Gasteiger partial charge on any atom is -0.497 e. The van der Waals surface area contributed by atoms with Crippen LogP contribution in [-0.4, -0.2) is 64.6 Å². The highest BCUT2D eigenvalue weighted by Crippen LogP contribution is 2.26. The first-order valence-corrected chi connectivity index (χ1v) is 13.7. The number of rotatable bonds is 11. The Labute approximate surface area is 234 Å². The van der Waals surface area contributed by atoms with Crippen molar-refractivity contribution in [2.75, 3.05) is 26.8 Å². The molecule has 1 aliphatic rings. The SMILES string of the molecule is COc1ccc([C@@H](C(=O)NC[C@H]2CCCO2)N(CCc2ccccc2C)C(=O)Cn2nnc3ccccc32)cc1. The third-order valence-electron chi connectivity index (χ3n) is 7.43. The minimum absolute atomic E-state index is 0.0156. The van der Waals surface area contributed by atoms with E-state index in [1.807, 2.05) is 60.7 Å². The number of para-hydroxylation sites is 1. The first kappa shape index (κ1) is 27.3. The quantitative estimate of drug-likeness (QED) is 0.310. The molecule has 5 rings (SSSR count). The fourth-order valence-electron chi connectivity index (χ4n) is 5.16. The second-order valence-corrected chi connectivity index (χ2v) is 10.1. The van der Waals surface area contributed by atoms with Crippen molar-refractivity contribution in [3.05, 3.63) is 89.5 Å². The first-order chi connectivity index (χ1) is 19.5. The van der Waals surface area contributed by atoms with Gasteiger partial charge in [-0.25, -0.2) is 4.68 Å². The van der Waals surface area contributed by atoms with Crippen LogP contribution in [0.1, 0.15) is 35.6 Å². The van der Waals surface area contributed by atoms with Crippen LogP contribution in [0, 0.1) is 6.92 Å². The Morgan fingerprint density at radius 2 is 1.88 bits per heavy atom. The number of methoxy groups -OCH3 is 1. The summed E-state index contributed by atoms with van der Waals surface area (Å²) in [5, 5.41) is 11.5. The van der Waals surface area contributed by atoms with Gasteiger partial charge in [0.05, 0.1) is 18.7 Å². The maximum atomic E-state index is 14.1. The van der Waals surface area contributed by atoms with E-state index in [1.165, 1.54) is 0 Å². The van der Waals surface area contributed by atoms with E-state index >= 15 is 0 Å². The summed E-state index contributed by atoms with van der Waals surface area (Å²) in [5.41, 5.74) is 4.44. The molecule has 1 fully saturated rings. The van der Waals surface area contributed by atoms with E-state index in [4.69, 9.17) is 9.47 Å². The number of aromatic nitrogens is 3. The Hall–Kier alpha value is -4.24. The predicted octanol–water partition coefficient (Wildman–Crippen LogP) is 3.86. The van der Waals surface area contributed by atoms with Crippen LogP contribution in [0.3, 0.4) is 0 Å². The average Bonchev–Trinajstić information content (AvgIpc) is 3.65. The zero-order chi connectivity index (χ0) is 27.9. The van der Waals surface area contributed by atoms with Gasteiger partial charge < -0.3 is 19.7 Å². The zero-order valence-corrected chi connectivity index (χ0v) is 23.0. The van der Waals surface area contributed by atoms with Crippen LogP contribution in [0.25, 0.3) is 11.0 Å². The maximum Gasteiger partial charge on any atom is 0.247 e. The number of carbonyl (C=O) groups excluding carboxylic acids is 2. The van der Waals surface area contributed by atoms with Gasteiger partial charge in [-0.1, -0.05) is 53.7 Å². The molecule has 9 nitrogen and oxygen atoms in total. The van der Waals surface area contributed by atoms with Crippen molar-refractivity contribution in [3.8, 4) is 5.75 Å². The summed E-state index contributed by atoms with van der Waals surface area (Å²) in [7, 11) is 1.60. The van der Waals surface area contributed by atoms with Crippen LogP contribution in [0.4, 0.5) is 0 Å². The summed E-state index contributed by atoms with van der Waals surface area (Å²) >= 11 is 0. The second-order valence-electron chi connectivity index (χ2n) is 10.1. The molecule has 3 aromatic carbocycles. The molecule has 1 aromatic heterocycles. The normalized spacial score (nSPS) is 15.6. The van der Waals surface area contributed by atoms with E-state index in [0.29, 0.717) is 42.9 Å². The fraction of sp³-hybridized carbons (Fsp3) is 0.355. The van der Waals surface area contributed by atoms with Gasteiger partial charge in [0.2, 0.25) is 11.8 Å². The number of ether oxygens (including phenoxy) is 2. The van der Waals surface area contributed by atoms with Crippen molar-refractivity contribution in [1.82, 2.24) is 25.2 Å². The molecule has 2 atom stereocenters. The van der Waals surface area contributed by atoms with Crippen LogP contribution >= 0.6 is 0 Å². The van der Waals surface area contributed by atoms with E-state index in [9.17, 15) is 9.59 Å². The van der Waals surface area contributed by atoms with E-state index in [0.717, 1.165) is 29.5 Å². The molecule has 1 saturated heterocycles. The number of benzene rings is 3. The van der Waals surface area contributed by atoms with Crippen molar-refractivity contribution in [3.63, 3.8) is 0 Å². The number of aryl methyl sites for hydroxylation is 1. The van der Waals surface area contributed by atoms with E-state index in [1.54, 1.807) is 16.7 Å². The number of fused-ring (bicyclic) bond motifs is 1.